The van der Waals surface area contributed by atoms with Crippen molar-refractivity contribution in [2.45, 2.75) is 6.92 Å². The average Bonchev–Trinajstić information content (AvgIpc) is 3.02. The molecule has 0 saturated carbocycles. The van der Waals surface area contributed by atoms with Crippen LogP contribution in [-0.4, -0.2) is 59.6 Å². The summed E-state index contributed by atoms with van der Waals surface area (Å²) in [5.74, 6) is -0.0678. The molecule has 22 heavy (non-hydrogen) atoms. The van der Waals surface area contributed by atoms with E-state index in [-0.39, 0.29) is 12.0 Å². The largest absolute Gasteiger partial charge is 0.450 e. The maximum atomic E-state index is 12.5. The van der Waals surface area contributed by atoms with Gasteiger partial charge in [0, 0.05) is 31.7 Å². The van der Waals surface area contributed by atoms with Crippen molar-refractivity contribution in [3.05, 3.63) is 30.2 Å². The highest BCUT2D eigenvalue weighted by molar-refractivity contribution is 5.97. The molecule has 0 spiro atoms. The predicted molar refractivity (Wildman–Crippen MR) is 78.5 cm³/mol. The second-order valence-corrected chi connectivity index (χ2v) is 5.01. The van der Waals surface area contributed by atoms with Gasteiger partial charge in [0.1, 0.15) is 5.52 Å². The predicted octanol–water partition coefficient (Wildman–Crippen LogP) is 1.74. The lowest BCUT2D eigenvalue weighted by Crippen LogP contribution is -2.50. The van der Waals surface area contributed by atoms with Crippen molar-refractivity contribution in [2.75, 3.05) is 32.8 Å². The summed E-state index contributed by atoms with van der Waals surface area (Å²) >= 11 is 0. The average molecular weight is 303 g/mol. The summed E-state index contributed by atoms with van der Waals surface area (Å²) in [5, 5.41) is 0. The normalized spacial score (nSPS) is 15.1. The summed E-state index contributed by atoms with van der Waals surface area (Å²) < 4.78 is 10.2. The molecular weight excluding hydrogens is 286 g/mol. The lowest BCUT2D eigenvalue weighted by Gasteiger charge is -2.34. The Hall–Kier alpha value is -2.57. The molecule has 2 amide bonds. The third kappa shape index (κ3) is 2.74. The highest BCUT2D eigenvalue weighted by atomic mass is 16.6. The van der Waals surface area contributed by atoms with E-state index in [4.69, 9.17) is 9.15 Å². The number of aromatic nitrogens is 1. The minimum absolute atomic E-state index is 0.0678. The van der Waals surface area contributed by atoms with Crippen molar-refractivity contribution in [1.29, 1.82) is 0 Å². The maximum Gasteiger partial charge on any atom is 0.409 e. The molecule has 3 rings (SSSR count). The van der Waals surface area contributed by atoms with E-state index in [0.29, 0.717) is 43.9 Å². The van der Waals surface area contributed by atoms with Gasteiger partial charge in [-0.1, -0.05) is 0 Å². The Labute approximate surface area is 127 Å². The van der Waals surface area contributed by atoms with Gasteiger partial charge in [-0.3, -0.25) is 4.79 Å². The van der Waals surface area contributed by atoms with Crippen molar-refractivity contribution in [2.24, 2.45) is 0 Å². The number of rotatable bonds is 2. The third-order valence-electron chi connectivity index (χ3n) is 3.67. The quantitative estimate of drug-likeness (QED) is 0.844. The van der Waals surface area contributed by atoms with Gasteiger partial charge in [0.05, 0.1) is 6.61 Å². The van der Waals surface area contributed by atoms with E-state index >= 15 is 0 Å². The summed E-state index contributed by atoms with van der Waals surface area (Å²) in [6.07, 6.45) is 1.04. The minimum atomic E-state index is -0.322. The summed E-state index contributed by atoms with van der Waals surface area (Å²) in [7, 11) is 0. The van der Waals surface area contributed by atoms with E-state index in [2.05, 4.69) is 4.98 Å². The van der Waals surface area contributed by atoms with Crippen LogP contribution in [0.2, 0.25) is 0 Å². The van der Waals surface area contributed by atoms with Crippen LogP contribution in [0.15, 0.2) is 29.0 Å². The van der Waals surface area contributed by atoms with Crippen molar-refractivity contribution in [1.82, 2.24) is 14.8 Å². The number of carbonyl (C=O) groups is 2. The molecule has 1 aromatic carbocycles. The molecule has 0 unspecified atom stereocenters. The van der Waals surface area contributed by atoms with Crippen LogP contribution in [-0.2, 0) is 4.74 Å². The zero-order valence-corrected chi connectivity index (χ0v) is 12.3. The maximum absolute atomic E-state index is 12.5. The van der Waals surface area contributed by atoms with Crippen LogP contribution in [0.3, 0.4) is 0 Å². The first-order chi connectivity index (χ1) is 10.7. The number of nitrogens with zero attached hydrogens (tertiary/aromatic N) is 3. The Morgan fingerprint density at radius 2 is 1.95 bits per heavy atom. The SMILES string of the molecule is CCOC(=O)N1CCN(C(=O)c2ccc3ncoc3c2)CC1. The van der Waals surface area contributed by atoms with Crippen LogP contribution in [0, 0.1) is 0 Å². The summed E-state index contributed by atoms with van der Waals surface area (Å²) in [6, 6.07) is 5.20. The van der Waals surface area contributed by atoms with Crippen molar-refractivity contribution in [3.63, 3.8) is 0 Å². The molecule has 0 radical (unpaired) electrons. The van der Waals surface area contributed by atoms with Crippen molar-refractivity contribution < 1.29 is 18.7 Å². The molecule has 7 heteroatoms. The molecule has 2 heterocycles. The molecule has 1 aliphatic rings. The molecule has 7 nitrogen and oxygen atoms in total. The summed E-state index contributed by atoms with van der Waals surface area (Å²) in [4.78, 5) is 31.5. The number of hydrogen-bond acceptors (Lipinski definition) is 5. The fourth-order valence-corrected chi connectivity index (χ4v) is 2.48. The molecule has 0 N–H and O–H groups in total. The first-order valence-corrected chi connectivity index (χ1v) is 7.23. The summed E-state index contributed by atoms with van der Waals surface area (Å²) in [5.41, 5.74) is 1.88. The van der Waals surface area contributed by atoms with Crippen LogP contribution in [0.25, 0.3) is 11.1 Å². The van der Waals surface area contributed by atoms with E-state index < -0.39 is 0 Å². The first kappa shape index (κ1) is 14.4. The monoisotopic (exact) mass is 303 g/mol. The van der Waals surface area contributed by atoms with Gasteiger partial charge in [-0.2, -0.15) is 0 Å². The standard InChI is InChI=1S/C15H17N3O4/c1-2-21-15(20)18-7-5-17(6-8-18)14(19)11-3-4-12-13(9-11)22-10-16-12/h3-4,9-10H,2,5-8H2,1H3. The highest BCUT2D eigenvalue weighted by Crippen LogP contribution is 2.16. The molecule has 1 fully saturated rings. The first-order valence-electron chi connectivity index (χ1n) is 7.23. The molecule has 0 atom stereocenters. The van der Waals surface area contributed by atoms with Gasteiger partial charge in [0.2, 0.25) is 0 Å². The topological polar surface area (TPSA) is 75.9 Å². The van der Waals surface area contributed by atoms with Crippen LogP contribution in [0.4, 0.5) is 4.79 Å². The Kier molecular flexibility index (Phi) is 3.95. The van der Waals surface area contributed by atoms with Gasteiger partial charge in [-0.05, 0) is 25.1 Å². The molecule has 1 aromatic heterocycles. The van der Waals surface area contributed by atoms with Gasteiger partial charge in [-0.25, -0.2) is 9.78 Å². The lowest BCUT2D eigenvalue weighted by atomic mass is 10.1. The second-order valence-electron chi connectivity index (χ2n) is 5.01. The Balaban J connectivity index is 1.65. The number of oxazole rings is 1. The van der Waals surface area contributed by atoms with Gasteiger partial charge in [0.25, 0.3) is 5.91 Å². The van der Waals surface area contributed by atoms with E-state index in [1.165, 1.54) is 6.39 Å². The number of fused-ring (bicyclic) bond motifs is 1. The molecular formula is C15H17N3O4. The van der Waals surface area contributed by atoms with Crippen LogP contribution in [0.1, 0.15) is 17.3 Å². The van der Waals surface area contributed by atoms with Crippen LogP contribution in [0.5, 0.6) is 0 Å². The number of hydrogen-bond donors (Lipinski definition) is 0. The molecule has 1 saturated heterocycles. The zero-order chi connectivity index (χ0) is 15.5. The Bertz CT molecular complexity index is 689. The van der Waals surface area contributed by atoms with Crippen molar-refractivity contribution in [3.8, 4) is 0 Å². The number of ether oxygens (including phenoxy) is 1. The van der Waals surface area contributed by atoms with Gasteiger partial charge < -0.3 is 19.0 Å². The van der Waals surface area contributed by atoms with E-state index in [1.54, 1.807) is 34.9 Å². The number of benzene rings is 1. The summed E-state index contributed by atoms with van der Waals surface area (Å²) in [6.45, 7) is 4.08. The third-order valence-corrected chi connectivity index (χ3v) is 3.67. The molecule has 2 aromatic rings. The minimum Gasteiger partial charge on any atom is -0.450 e. The smallest absolute Gasteiger partial charge is 0.409 e. The number of amides is 2. The second kappa shape index (κ2) is 6.05. The number of piperazine rings is 1. The molecule has 116 valence electrons. The molecule has 0 aliphatic carbocycles. The van der Waals surface area contributed by atoms with Crippen LogP contribution >= 0.6 is 0 Å². The van der Waals surface area contributed by atoms with E-state index in [0.717, 1.165) is 5.52 Å². The van der Waals surface area contributed by atoms with E-state index in [9.17, 15) is 9.59 Å². The van der Waals surface area contributed by atoms with Crippen LogP contribution < -0.4 is 0 Å². The fraction of sp³-hybridized carbons (Fsp3) is 0.400. The van der Waals surface area contributed by atoms with E-state index in [1.807, 2.05) is 0 Å². The van der Waals surface area contributed by atoms with Gasteiger partial charge in [0.15, 0.2) is 12.0 Å². The Morgan fingerprint density at radius 3 is 2.68 bits per heavy atom. The number of carbonyl (C=O) groups excluding carboxylic acids is 2. The lowest BCUT2D eigenvalue weighted by molar-refractivity contribution is 0.0570. The Morgan fingerprint density at radius 1 is 1.23 bits per heavy atom. The fourth-order valence-electron chi connectivity index (χ4n) is 2.48. The zero-order valence-electron chi connectivity index (χ0n) is 12.3. The molecule has 0 bridgehead atoms. The van der Waals surface area contributed by atoms with Crippen molar-refractivity contribution >= 4 is 23.1 Å². The highest BCUT2D eigenvalue weighted by Gasteiger charge is 2.25. The van der Waals surface area contributed by atoms with Gasteiger partial charge >= 0.3 is 6.09 Å². The molecule has 1 aliphatic heterocycles. The van der Waals surface area contributed by atoms with Gasteiger partial charge in [-0.15, -0.1) is 0 Å².